The van der Waals surface area contributed by atoms with Crippen LogP contribution in [0.1, 0.15) is 265 Å². The van der Waals surface area contributed by atoms with Crippen molar-refractivity contribution in [2.45, 2.75) is 283 Å². The summed E-state index contributed by atoms with van der Waals surface area (Å²) >= 11 is 0. The number of esters is 1. The molecule has 11 aliphatic carbocycles. The first-order chi connectivity index (χ1) is 65.7. The molecular formula is C110H140F2O20S6. The van der Waals surface area contributed by atoms with Gasteiger partial charge in [-0.05, 0) is 294 Å². The Hall–Kier alpha value is -8.03. The van der Waals surface area contributed by atoms with Crippen LogP contribution in [-0.2, 0) is 92.2 Å². The zero-order chi connectivity index (χ0) is 98.8. The summed E-state index contributed by atoms with van der Waals surface area (Å²) < 4.78 is 167. The molecule has 11 saturated carbocycles. The predicted molar refractivity (Wildman–Crippen MR) is 536 cm³/mol. The van der Waals surface area contributed by atoms with Gasteiger partial charge >= 0.3 is 17.4 Å². The van der Waals surface area contributed by atoms with Crippen molar-refractivity contribution in [3.63, 3.8) is 0 Å². The molecule has 28 heteroatoms. The smallest absolute Gasteiger partial charge is 0.509 e. The lowest BCUT2D eigenvalue weighted by Gasteiger charge is -2.56. The summed E-state index contributed by atoms with van der Waals surface area (Å²) in [5.74, 6) is 8.29. The molecule has 8 bridgehead atoms. The maximum Gasteiger partial charge on any atom is 0.509 e. The summed E-state index contributed by atoms with van der Waals surface area (Å²) in [7, 11) is -8.36. The molecule has 1 unspecified atom stereocenters. The van der Waals surface area contributed by atoms with Crippen LogP contribution in [0.15, 0.2) is 228 Å². The third-order valence-electron chi connectivity index (χ3n) is 29.2. The molecule has 138 heavy (non-hydrogen) atoms. The molecule has 1 atom stereocenters. The Labute approximate surface area is 826 Å². The molecule has 1 heterocycles. The fraction of sp³-hybridized carbons (Fsp3) is 0.536. The third-order valence-corrected chi connectivity index (χ3v) is 38.8. The summed E-state index contributed by atoms with van der Waals surface area (Å²) in [6, 6.07) is 67.1. The number of halogens is 2. The molecule has 0 amide bonds. The monoisotopic (exact) mass is 2010 g/mol. The second kappa shape index (κ2) is 47.9. The van der Waals surface area contributed by atoms with Crippen LogP contribution in [-0.4, -0.2) is 140 Å². The van der Waals surface area contributed by atoms with Gasteiger partial charge in [0.15, 0.2) is 57.3 Å². The average Bonchev–Trinajstić information content (AvgIpc) is 0.740. The molecular weight excluding hydrogens is 1870 g/mol. The number of hydrogen-bond acceptors (Lipinski definition) is 20. The molecule has 12 fully saturated rings. The summed E-state index contributed by atoms with van der Waals surface area (Å²) in [6.45, 7) is 13.5. The van der Waals surface area contributed by atoms with Crippen LogP contribution >= 0.6 is 0 Å². The van der Waals surface area contributed by atoms with Crippen LogP contribution in [0.4, 0.5) is 13.6 Å². The number of Topliss-reactive ketones (excluding diaryl/α,β-unsaturated/α-hetero) is 1. The van der Waals surface area contributed by atoms with Crippen molar-refractivity contribution in [1.29, 1.82) is 0 Å². The normalized spacial score (nSPS) is 22.9. The van der Waals surface area contributed by atoms with Gasteiger partial charge in [-0.25, -0.2) is 30.0 Å². The maximum absolute atomic E-state index is 13.1. The summed E-state index contributed by atoms with van der Waals surface area (Å²) in [4.78, 5) is 44.4. The van der Waals surface area contributed by atoms with Gasteiger partial charge in [0.1, 0.15) is 61.3 Å². The summed E-state index contributed by atoms with van der Waals surface area (Å²) in [5, 5.41) is -4.50. The van der Waals surface area contributed by atoms with E-state index in [2.05, 4.69) is 184 Å². The molecule has 1 saturated heterocycles. The predicted octanol–water partition coefficient (Wildman–Crippen LogP) is 24.3. The van der Waals surface area contributed by atoms with Crippen LogP contribution in [0.2, 0.25) is 0 Å². The molecule has 20 rings (SSSR count). The molecule has 8 aromatic carbocycles. The number of benzene rings is 8. The number of ketones is 1. The second-order valence-electron chi connectivity index (χ2n) is 41.6. The van der Waals surface area contributed by atoms with Crippen molar-refractivity contribution in [2.75, 3.05) is 72.3 Å². The third kappa shape index (κ3) is 28.9. The molecule has 1 aliphatic heterocycles. The fourth-order valence-electron chi connectivity index (χ4n) is 23.6. The highest BCUT2D eigenvalue weighted by molar-refractivity contribution is 7.98. The van der Waals surface area contributed by atoms with E-state index < -0.39 is 65.7 Å². The Bertz CT molecular complexity index is 5410. The number of ether oxygens (including phenoxy) is 8. The Morgan fingerprint density at radius 2 is 0.833 bits per heavy atom. The van der Waals surface area contributed by atoms with E-state index in [4.69, 9.17) is 28.4 Å². The van der Waals surface area contributed by atoms with Crippen molar-refractivity contribution < 1.29 is 100.0 Å². The maximum atomic E-state index is 13.1. The van der Waals surface area contributed by atoms with Crippen molar-refractivity contribution >= 4 is 80.9 Å². The van der Waals surface area contributed by atoms with Gasteiger partial charge < -0.3 is 51.6 Å². The molecule has 750 valence electrons. The number of carbonyl (C=O) groups is 3. The Morgan fingerprint density at radius 3 is 1.21 bits per heavy atom. The van der Waals surface area contributed by atoms with Gasteiger partial charge in [0.25, 0.3) is 0 Å². The standard InChI is InChI=1S/C24H36O3S.C22H23S.C21H21O3S.C17H25O3S.C13H18F2O5S.C13H20O6S/c25-28(26,27)24-22(19-12-6-2-7-13-19)16-21(18-10-4-1-5-11-18)17-23(24)20-14-8-3-9-15-20;1-22(2,3)18-14-16-21(17-15-18)23(19-10-6-4-7-11-19)20-12-8-5-9-13-20;1-22-16-7-4-10-19(13-16)25(20-11-5-8-17(14-20)23-2)21-12-6-9-18(15-21)24-3;1-17(2,3)16(21-11-9-20-10-12-21)15(18)13-5-7-14(19-4)8-6-13;14-13(15,21(17,18)19)7-20-11(16)12-4-8-1-9(5-12)3-10(2-8)6-12;14-12(19-8-20(15,16)17)18-7-13-4-9-1-10(5-13)3-11(2-9)6-13/h16-20H,1-15H2,(H,25,26,27);4-17H,1-3H3;4-15H,1-3H3;5-8,16H,9-12H2,1-4H3;8-10H,1-7H2,(H,17,18,19);9-11H,1-8H2,(H,15,16,17)/q;3*+1;;/p-3. The van der Waals surface area contributed by atoms with Gasteiger partial charge in [0.05, 0.1) is 73.8 Å². The van der Waals surface area contributed by atoms with E-state index in [1.807, 2.05) is 60.7 Å². The number of carbonyl (C=O) groups excluding carboxylic acids is 3. The van der Waals surface area contributed by atoms with Crippen LogP contribution in [0, 0.1) is 51.8 Å². The van der Waals surface area contributed by atoms with Crippen molar-refractivity contribution in [1.82, 2.24) is 0 Å². The molecule has 12 aliphatic rings. The van der Waals surface area contributed by atoms with E-state index in [-0.39, 0.29) is 83.3 Å². The van der Waals surface area contributed by atoms with E-state index in [0.717, 1.165) is 172 Å². The average molecular weight is 2010 g/mol. The molecule has 0 spiro atoms. The van der Waals surface area contributed by atoms with Crippen molar-refractivity contribution in [2.24, 2.45) is 51.8 Å². The van der Waals surface area contributed by atoms with Crippen LogP contribution in [0.3, 0.4) is 0 Å². The minimum absolute atomic E-state index is 0.0303. The lowest BCUT2D eigenvalue weighted by molar-refractivity contribution is -0.176. The largest absolute Gasteiger partial charge is 0.745 e. The molecule has 20 nitrogen and oxygen atoms in total. The molecule has 0 aromatic heterocycles. The van der Waals surface area contributed by atoms with E-state index >= 15 is 0 Å². The first kappa shape index (κ1) is 107. The number of alkyl halides is 2. The van der Waals surface area contributed by atoms with E-state index in [9.17, 15) is 62.1 Å². The lowest BCUT2D eigenvalue weighted by Crippen LogP contribution is -2.51. The quantitative estimate of drug-likeness (QED) is 0.0222. The zero-order valence-electron chi connectivity index (χ0n) is 81.7. The highest BCUT2D eigenvalue weighted by Crippen LogP contribution is 2.62. The van der Waals surface area contributed by atoms with Gasteiger partial charge in [-0.15, -0.1) is 0 Å². The Balaban J connectivity index is 0.000000140. The number of methoxy groups -OCH3 is 4. The Morgan fingerprint density at radius 1 is 0.449 bits per heavy atom. The van der Waals surface area contributed by atoms with Gasteiger partial charge in [0, 0.05) is 45.5 Å². The van der Waals surface area contributed by atoms with E-state index in [0.29, 0.717) is 42.9 Å². The van der Waals surface area contributed by atoms with Gasteiger partial charge in [-0.3, -0.25) is 9.59 Å². The number of rotatable bonds is 25. The first-order valence-corrected chi connectivity index (χ1v) is 57.6. The lowest BCUT2D eigenvalue weighted by atomic mass is 9.49. The van der Waals surface area contributed by atoms with Gasteiger partial charge in [-0.2, -0.15) is 8.78 Å². The zero-order valence-corrected chi connectivity index (χ0v) is 86.6. The van der Waals surface area contributed by atoms with Crippen LogP contribution < -0.4 is 18.9 Å². The minimum atomic E-state index is -5.81. The Kier molecular flexibility index (Phi) is 37.2. The topological polar surface area (TPSA) is 297 Å². The van der Waals surface area contributed by atoms with E-state index in [1.54, 1.807) is 28.4 Å². The first-order valence-electron chi connectivity index (χ1n) is 49.1. The molecule has 0 radical (unpaired) electrons. The fourth-order valence-corrected chi connectivity index (χ4v) is 32.1. The highest BCUT2D eigenvalue weighted by Gasteiger charge is 2.57. The van der Waals surface area contributed by atoms with Crippen molar-refractivity contribution in [3.05, 3.63) is 222 Å². The molecule has 0 N–H and O–H groups in total. The molecule has 8 aromatic rings. The van der Waals surface area contributed by atoms with Gasteiger partial charge in [-0.1, -0.05) is 178 Å². The van der Waals surface area contributed by atoms with Crippen LogP contribution in [0.5, 0.6) is 23.0 Å². The van der Waals surface area contributed by atoms with Crippen molar-refractivity contribution in [3.8, 4) is 23.0 Å². The highest BCUT2D eigenvalue weighted by atomic mass is 32.2. The summed E-state index contributed by atoms with van der Waals surface area (Å²) in [6.07, 6.45) is 28.7. The summed E-state index contributed by atoms with van der Waals surface area (Å²) in [5.41, 5.74) is 4.75. The van der Waals surface area contributed by atoms with Gasteiger partial charge in [0.2, 0.25) is 5.78 Å². The number of hydrogen-bond donors (Lipinski definition) is 0. The van der Waals surface area contributed by atoms with Crippen LogP contribution in [0.25, 0.3) is 0 Å². The second-order valence-corrected chi connectivity index (χ2v) is 52.2. The van der Waals surface area contributed by atoms with E-state index in [1.165, 1.54) is 105 Å². The SMILES string of the molecule is CC(C)(C)c1ccc([S+](c2ccccc2)c2ccccc2)cc1.COc1ccc(C(=O)C([S+]2CCOCC2)C(C)(C)C)cc1.COc1cccc([S+](c2cccc(OC)c2)c2cccc(OC)c2)c1.O=C(OCC(F)(F)S(=O)(=O)[O-])C12CC3CC(CC(C3)C1)C2.O=C(OCC12CC3CC(CC(C3)C1)C2)OCS(=O)(=O)[O-].O=S(=O)([O-])c1c(C2CCCCC2)cc(C2CCCCC2)cc1C1CCCCC1. The minimum Gasteiger partial charge on any atom is -0.745 e.